The van der Waals surface area contributed by atoms with Gasteiger partial charge in [0.2, 0.25) is 4.96 Å². The zero-order valence-corrected chi connectivity index (χ0v) is 18.4. The molecule has 3 aromatic carbocycles. The van der Waals surface area contributed by atoms with Gasteiger partial charge in [-0.15, -0.1) is 10.2 Å². The Balaban J connectivity index is 1.52. The monoisotopic (exact) mass is 453 g/mol. The van der Waals surface area contributed by atoms with Crippen molar-refractivity contribution >= 4 is 38.8 Å². The lowest BCUT2D eigenvalue weighted by Crippen LogP contribution is -1.98. The summed E-state index contributed by atoms with van der Waals surface area (Å²) in [5, 5.41) is 16.1. The van der Waals surface area contributed by atoms with Crippen molar-refractivity contribution in [3.8, 4) is 21.8 Å². The van der Waals surface area contributed by atoms with Crippen molar-refractivity contribution in [1.82, 2.24) is 24.8 Å². The molecular formula is C25H16ClN5S. The summed E-state index contributed by atoms with van der Waals surface area (Å²) >= 11 is 7.85. The van der Waals surface area contributed by atoms with Crippen LogP contribution in [0.5, 0.6) is 0 Å². The van der Waals surface area contributed by atoms with Gasteiger partial charge in [0.05, 0.1) is 11.2 Å². The Morgan fingerprint density at radius 3 is 2.44 bits per heavy atom. The fourth-order valence-corrected chi connectivity index (χ4v) is 4.85. The Morgan fingerprint density at radius 2 is 1.62 bits per heavy atom. The summed E-state index contributed by atoms with van der Waals surface area (Å²) in [6.45, 7) is 0. The van der Waals surface area contributed by atoms with Crippen molar-refractivity contribution in [2.75, 3.05) is 0 Å². The minimum atomic E-state index is 0.667. The molecule has 0 aliphatic carbocycles. The van der Waals surface area contributed by atoms with E-state index in [9.17, 15) is 0 Å². The van der Waals surface area contributed by atoms with Gasteiger partial charge in [0.15, 0.2) is 5.82 Å². The zero-order valence-electron chi connectivity index (χ0n) is 16.8. The first-order valence-electron chi connectivity index (χ1n) is 10.2. The largest absolute Gasteiger partial charge is 0.248 e. The smallest absolute Gasteiger partial charge is 0.234 e. The van der Waals surface area contributed by atoms with Gasteiger partial charge < -0.3 is 0 Å². The molecule has 0 saturated heterocycles. The fraction of sp³-hybridized carbons (Fsp3) is 0.0400. The molecule has 0 aliphatic heterocycles. The van der Waals surface area contributed by atoms with E-state index in [1.165, 1.54) is 16.9 Å². The highest BCUT2D eigenvalue weighted by molar-refractivity contribution is 7.19. The molecule has 32 heavy (non-hydrogen) atoms. The summed E-state index contributed by atoms with van der Waals surface area (Å²) in [5.74, 6) is 0.813. The molecule has 3 aromatic heterocycles. The van der Waals surface area contributed by atoms with Gasteiger partial charge in [-0.25, -0.2) is 4.98 Å². The first kappa shape index (κ1) is 19.1. The average molecular weight is 454 g/mol. The van der Waals surface area contributed by atoms with Gasteiger partial charge in [-0.1, -0.05) is 83.6 Å². The molecule has 0 radical (unpaired) electrons. The minimum Gasteiger partial charge on any atom is -0.248 e. The number of halogens is 1. The Hall–Kier alpha value is -3.61. The first-order chi connectivity index (χ1) is 15.7. The lowest BCUT2D eigenvalue weighted by molar-refractivity contribution is 0.854. The molecule has 0 amide bonds. The van der Waals surface area contributed by atoms with E-state index in [1.54, 1.807) is 0 Å². The van der Waals surface area contributed by atoms with Crippen LogP contribution in [0.4, 0.5) is 0 Å². The van der Waals surface area contributed by atoms with Crippen LogP contribution < -0.4 is 0 Å². The summed E-state index contributed by atoms with van der Waals surface area (Å²) in [6, 6.07) is 28.2. The standard InChI is InChI=1S/C25H16ClN5S/c26-18-11-12-21-19(14-18)20(15-22(27-21)17-9-5-2-6-10-17)24-30-31-23(28-29-25(31)32-24)13-16-7-3-1-4-8-16/h1-12,14-15H,13H2. The van der Waals surface area contributed by atoms with Crippen molar-refractivity contribution in [2.24, 2.45) is 0 Å². The van der Waals surface area contributed by atoms with E-state index >= 15 is 0 Å². The van der Waals surface area contributed by atoms with Gasteiger partial charge in [0, 0.05) is 28.0 Å². The highest BCUT2D eigenvalue weighted by Crippen LogP contribution is 2.35. The number of hydrogen-bond donors (Lipinski definition) is 0. The van der Waals surface area contributed by atoms with Gasteiger partial charge in [-0.3, -0.25) is 0 Å². The molecule has 0 saturated carbocycles. The summed E-state index contributed by atoms with van der Waals surface area (Å²) in [6.07, 6.45) is 0.670. The zero-order chi connectivity index (χ0) is 21.5. The van der Waals surface area contributed by atoms with E-state index in [0.29, 0.717) is 11.4 Å². The van der Waals surface area contributed by atoms with E-state index in [1.807, 2.05) is 59.1 Å². The highest BCUT2D eigenvalue weighted by atomic mass is 35.5. The molecule has 0 spiro atoms. The van der Waals surface area contributed by atoms with Crippen LogP contribution in [0.15, 0.2) is 84.9 Å². The van der Waals surface area contributed by atoms with Crippen LogP contribution >= 0.6 is 22.9 Å². The van der Waals surface area contributed by atoms with E-state index < -0.39 is 0 Å². The third kappa shape index (κ3) is 3.43. The Kier molecular flexibility index (Phi) is 4.67. The summed E-state index contributed by atoms with van der Waals surface area (Å²) in [7, 11) is 0. The molecule has 0 atom stereocenters. The SMILES string of the molecule is Clc1ccc2nc(-c3ccccc3)cc(-c3nn4c(Cc5ccccc5)nnc4s3)c2c1. The summed E-state index contributed by atoms with van der Waals surface area (Å²) in [5.41, 5.74) is 4.98. The predicted molar refractivity (Wildman–Crippen MR) is 129 cm³/mol. The molecule has 5 nitrogen and oxygen atoms in total. The van der Waals surface area contributed by atoms with Crippen LogP contribution in [0.2, 0.25) is 5.02 Å². The van der Waals surface area contributed by atoms with Crippen molar-refractivity contribution in [3.63, 3.8) is 0 Å². The van der Waals surface area contributed by atoms with Crippen molar-refractivity contribution in [1.29, 1.82) is 0 Å². The van der Waals surface area contributed by atoms with Crippen LogP contribution in [-0.2, 0) is 6.42 Å². The number of benzene rings is 3. The lowest BCUT2D eigenvalue weighted by Gasteiger charge is -2.08. The van der Waals surface area contributed by atoms with Crippen LogP contribution in [0, 0.1) is 0 Å². The number of rotatable bonds is 4. The van der Waals surface area contributed by atoms with Gasteiger partial charge in [-0.2, -0.15) is 9.61 Å². The van der Waals surface area contributed by atoms with Gasteiger partial charge in [-0.05, 0) is 29.8 Å². The minimum absolute atomic E-state index is 0.667. The van der Waals surface area contributed by atoms with E-state index in [4.69, 9.17) is 21.7 Å². The second-order valence-electron chi connectivity index (χ2n) is 7.46. The average Bonchev–Trinajstić information content (AvgIpc) is 3.41. The second kappa shape index (κ2) is 7.82. The van der Waals surface area contributed by atoms with Crippen molar-refractivity contribution in [2.45, 2.75) is 6.42 Å². The molecule has 154 valence electrons. The highest BCUT2D eigenvalue weighted by Gasteiger charge is 2.17. The molecule has 0 unspecified atom stereocenters. The number of fused-ring (bicyclic) bond motifs is 2. The van der Waals surface area contributed by atoms with Crippen LogP contribution in [0.3, 0.4) is 0 Å². The van der Waals surface area contributed by atoms with Crippen molar-refractivity contribution < 1.29 is 0 Å². The van der Waals surface area contributed by atoms with Gasteiger partial charge in [0.25, 0.3) is 0 Å². The Labute approximate surface area is 193 Å². The van der Waals surface area contributed by atoms with Crippen molar-refractivity contribution in [3.05, 3.63) is 101 Å². The molecule has 0 fully saturated rings. The Morgan fingerprint density at radius 1 is 0.844 bits per heavy atom. The van der Waals surface area contributed by atoms with Gasteiger partial charge in [0.1, 0.15) is 5.01 Å². The number of nitrogens with zero attached hydrogens (tertiary/aromatic N) is 5. The van der Waals surface area contributed by atoms with E-state index in [2.05, 4.69) is 40.5 Å². The van der Waals surface area contributed by atoms with Gasteiger partial charge >= 0.3 is 0 Å². The van der Waals surface area contributed by atoms with Crippen LogP contribution in [0.25, 0.3) is 37.7 Å². The normalized spacial score (nSPS) is 11.4. The molecule has 0 N–H and O–H groups in total. The molecule has 7 heteroatoms. The maximum absolute atomic E-state index is 6.34. The molecule has 0 bridgehead atoms. The Bertz CT molecular complexity index is 1560. The number of hydrogen-bond acceptors (Lipinski definition) is 5. The molecule has 0 aliphatic rings. The third-order valence-electron chi connectivity index (χ3n) is 5.33. The first-order valence-corrected chi connectivity index (χ1v) is 11.4. The quantitative estimate of drug-likeness (QED) is 0.313. The maximum atomic E-state index is 6.34. The fourth-order valence-electron chi connectivity index (χ4n) is 3.79. The van der Waals surface area contributed by atoms with E-state index in [0.717, 1.165) is 43.5 Å². The summed E-state index contributed by atoms with van der Waals surface area (Å²) < 4.78 is 1.84. The molecular weight excluding hydrogens is 438 g/mol. The second-order valence-corrected chi connectivity index (χ2v) is 8.86. The molecule has 3 heterocycles. The topological polar surface area (TPSA) is 56.0 Å². The van der Waals surface area contributed by atoms with Crippen LogP contribution in [0.1, 0.15) is 11.4 Å². The maximum Gasteiger partial charge on any atom is 0.234 e. The number of aromatic nitrogens is 5. The van der Waals surface area contributed by atoms with E-state index in [-0.39, 0.29) is 0 Å². The lowest BCUT2D eigenvalue weighted by atomic mass is 10.0. The molecule has 6 rings (SSSR count). The third-order valence-corrected chi connectivity index (χ3v) is 6.50. The molecule has 6 aromatic rings. The van der Waals surface area contributed by atoms with Crippen LogP contribution in [-0.4, -0.2) is 24.8 Å². The predicted octanol–water partition coefficient (Wildman–Crippen LogP) is 6.31. The number of pyridine rings is 1. The summed E-state index contributed by atoms with van der Waals surface area (Å²) in [4.78, 5) is 5.63.